The molecule has 3 N–H and O–H groups in total. The summed E-state index contributed by atoms with van der Waals surface area (Å²) in [5, 5.41) is 3.64. The van der Waals surface area contributed by atoms with Crippen LogP contribution in [0.15, 0.2) is 0 Å². The van der Waals surface area contributed by atoms with Crippen LogP contribution in [0.5, 0.6) is 0 Å². The van der Waals surface area contributed by atoms with Gasteiger partial charge in [0.2, 0.25) is 0 Å². The van der Waals surface area contributed by atoms with Gasteiger partial charge in [0.1, 0.15) is 0 Å². The van der Waals surface area contributed by atoms with Crippen LogP contribution >= 0.6 is 0 Å². The third kappa shape index (κ3) is 6.72. The van der Waals surface area contributed by atoms with Gasteiger partial charge in [-0.15, -0.1) is 0 Å². The molecule has 1 rings (SSSR count). The van der Waals surface area contributed by atoms with Gasteiger partial charge in [0.05, 0.1) is 6.61 Å². The smallest absolute Gasteiger partial charge is 0.0615 e. The lowest BCUT2D eigenvalue weighted by Gasteiger charge is -2.27. The van der Waals surface area contributed by atoms with Crippen LogP contribution < -0.4 is 11.1 Å². The maximum Gasteiger partial charge on any atom is 0.0615 e. The van der Waals surface area contributed by atoms with E-state index in [0.29, 0.717) is 6.04 Å². The molecule has 1 fully saturated rings. The maximum absolute atomic E-state index is 5.57. The highest BCUT2D eigenvalue weighted by atomic mass is 16.5. The fraction of sp³-hybridized carbons (Fsp3) is 1.00. The van der Waals surface area contributed by atoms with Gasteiger partial charge in [-0.3, -0.25) is 0 Å². The third-order valence-corrected chi connectivity index (χ3v) is 4.16. The summed E-state index contributed by atoms with van der Waals surface area (Å²) in [6, 6.07) is 0.486. The minimum absolute atomic E-state index is 0.486. The summed E-state index contributed by atoms with van der Waals surface area (Å²) in [4.78, 5) is 0. The van der Waals surface area contributed by atoms with E-state index in [4.69, 9.17) is 10.5 Å². The van der Waals surface area contributed by atoms with Gasteiger partial charge in [-0.2, -0.15) is 0 Å². The monoisotopic (exact) mass is 256 g/mol. The first kappa shape index (κ1) is 15.9. The SMILES string of the molecule is COCC(CCCN)NCCC1CCCC(C)C1. The first-order valence-corrected chi connectivity index (χ1v) is 7.68. The summed E-state index contributed by atoms with van der Waals surface area (Å²) < 4.78 is 5.26. The van der Waals surface area contributed by atoms with Gasteiger partial charge in [-0.25, -0.2) is 0 Å². The molecule has 3 nitrogen and oxygen atoms in total. The quantitative estimate of drug-likeness (QED) is 0.666. The predicted molar refractivity (Wildman–Crippen MR) is 77.7 cm³/mol. The Morgan fingerprint density at radius 2 is 2.22 bits per heavy atom. The average Bonchev–Trinajstić information content (AvgIpc) is 2.36. The second kappa shape index (κ2) is 9.76. The first-order chi connectivity index (χ1) is 8.76. The Morgan fingerprint density at radius 1 is 1.39 bits per heavy atom. The van der Waals surface area contributed by atoms with Gasteiger partial charge in [0.25, 0.3) is 0 Å². The Labute approximate surface area is 113 Å². The molecule has 0 aliphatic heterocycles. The second-order valence-electron chi connectivity index (χ2n) is 5.96. The van der Waals surface area contributed by atoms with E-state index in [1.54, 1.807) is 7.11 Å². The lowest BCUT2D eigenvalue weighted by atomic mass is 9.81. The highest BCUT2D eigenvalue weighted by molar-refractivity contribution is 4.73. The highest BCUT2D eigenvalue weighted by Gasteiger charge is 2.18. The molecule has 3 atom stereocenters. The Bertz CT molecular complexity index is 199. The summed E-state index contributed by atoms with van der Waals surface area (Å²) in [5.41, 5.74) is 5.57. The first-order valence-electron chi connectivity index (χ1n) is 7.68. The van der Waals surface area contributed by atoms with Crippen LogP contribution in [-0.2, 0) is 4.74 Å². The van der Waals surface area contributed by atoms with Gasteiger partial charge in [-0.1, -0.05) is 26.2 Å². The van der Waals surface area contributed by atoms with Crippen LogP contribution in [0.25, 0.3) is 0 Å². The minimum atomic E-state index is 0.486. The zero-order chi connectivity index (χ0) is 13.2. The van der Waals surface area contributed by atoms with Gasteiger partial charge in [0.15, 0.2) is 0 Å². The third-order valence-electron chi connectivity index (χ3n) is 4.16. The van der Waals surface area contributed by atoms with Crippen LogP contribution in [-0.4, -0.2) is 32.8 Å². The molecule has 3 heteroatoms. The van der Waals surface area contributed by atoms with E-state index in [9.17, 15) is 0 Å². The topological polar surface area (TPSA) is 47.3 Å². The van der Waals surface area contributed by atoms with E-state index in [1.807, 2.05) is 0 Å². The molecule has 18 heavy (non-hydrogen) atoms. The lowest BCUT2D eigenvalue weighted by molar-refractivity contribution is 0.159. The molecule has 0 aromatic heterocycles. The molecule has 1 saturated carbocycles. The van der Waals surface area contributed by atoms with Gasteiger partial charge in [0, 0.05) is 13.2 Å². The van der Waals surface area contributed by atoms with Crippen LogP contribution in [0.3, 0.4) is 0 Å². The van der Waals surface area contributed by atoms with Crippen molar-refractivity contribution in [3.63, 3.8) is 0 Å². The van der Waals surface area contributed by atoms with Gasteiger partial charge < -0.3 is 15.8 Å². The van der Waals surface area contributed by atoms with Crippen LogP contribution in [0.4, 0.5) is 0 Å². The number of rotatable bonds is 9. The molecule has 0 radical (unpaired) electrons. The Kier molecular flexibility index (Phi) is 8.64. The zero-order valence-electron chi connectivity index (χ0n) is 12.3. The van der Waals surface area contributed by atoms with E-state index in [2.05, 4.69) is 12.2 Å². The number of methoxy groups -OCH3 is 1. The number of nitrogens with two attached hydrogens (primary N) is 1. The molecule has 1 aliphatic rings. The van der Waals surface area contributed by atoms with Crippen molar-refractivity contribution in [3.05, 3.63) is 0 Å². The highest BCUT2D eigenvalue weighted by Crippen LogP contribution is 2.30. The Balaban J connectivity index is 2.12. The summed E-state index contributed by atoms with van der Waals surface area (Å²) >= 11 is 0. The van der Waals surface area contributed by atoms with Crippen molar-refractivity contribution in [2.75, 3.05) is 26.8 Å². The van der Waals surface area contributed by atoms with E-state index in [1.165, 1.54) is 32.1 Å². The van der Waals surface area contributed by atoms with Crippen molar-refractivity contribution in [2.45, 2.75) is 57.9 Å². The molecule has 0 aromatic carbocycles. The van der Waals surface area contributed by atoms with Crippen molar-refractivity contribution < 1.29 is 4.74 Å². The summed E-state index contributed by atoms with van der Waals surface area (Å²) in [6.07, 6.45) is 9.27. The van der Waals surface area contributed by atoms with Crippen molar-refractivity contribution >= 4 is 0 Å². The van der Waals surface area contributed by atoms with Crippen molar-refractivity contribution in [2.24, 2.45) is 17.6 Å². The summed E-state index contributed by atoms with van der Waals surface area (Å²) in [7, 11) is 1.78. The average molecular weight is 256 g/mol. The number of nitrogens with one attached hydrogen (secondary N) is 1. The molecule has 3 unspecified atom stereocenters. The lowest BCUT2D eigenvalue weighted by Crippen LogP contribution is -2.35. The fourth-order valence-electron chi connectivity index (χ4n) is 3.12. The number of hydrogen-bond donors (Lipinski definition) is 2. The number of hydrogen-bond acceptors (Lipinski definition) is 3. The maximum atomic E-state index is 5.57. The second-order valence-corrected chi connectivity index (χ2v) is 5.96. The molecule has 108 valence electrons. The van der Waals surface area contributed by atoms with Crippen molar-refractivity contribution in [3.8, 4) is 0 Å². The molecule has 0 spiro atoms. The Morgan fingerprint density at radius 3 is 2.89 bits per heavy atom. The molecule has 0 saturated heterocycles. The van der Waals surface area contributed by atoms with Crippen molar-refractivity contribution in [1.29, 1.82) is 0 Å². The fourth-order valence-corrected chi connectivity index (χ4v) is 3.12. The van der Waals surface area contributed by atoms with Crippen molar-refractivity contribution in [1.82, 2.24) is 5.32 Å². The molecule has 0 bridgehead atoms. The molecular formula is C15H32N2O. The normalized spacial score (nSPS) is 26.2. The van der Waals surface area contributed by atoms with Crippen LogP contribution in [0, 0.1) is 11.8 Å². The number of ether oxygens (including phenoxy) is 1. The van der Waals surface area contributed by atoms with Gasteiger partial charge >= 0.3 is 0 Å². The largest absolute Gasteiger partial charge is 0.383 e. The summed E-state index contributed by atoms with van der Waals surface area (Å²) in [5.74, 6) is 1.88. The Hall–Kier alpha value is -0.120. The standard InChI is InChI=1S/C15H32N2O/c1-13-5-3-6-14(11-13)8-10-17-15(12-18-2)7-4-9-16/h13-15,17H,3-12,16H2,1-2H3. The van der Waals surface area contributed by atoms with E-state index < -0.39 is 0 Å². The zero-order valence-corrected chi connectivity index (χ0v) is 12.3. The minimum Gasteiger partial charge on any atom is -0.383 e. The predicted octanol–water partition coefficient (Wildman–Crippen LogP) is 2.55. The molecule has 1 aliphatic carbocycles. The van der Waals surface area contributed by atoms with E-state index in [0.717, 1.165) is 44.4 Å². The van der Waals surface area contributed by atoms with E-state index in [-0.39, 0.29) is 0 Å². The van der Waals surface area contributed by atoms with E-state index >= 15 is 0 Å². The van der Waals surface area contributed by atoms with Gasteiger partial charge in [-0.05, 0) is 50.6 Å². The van der Waals surface area contributed by atoms with Crippen LogP contribution in [0.1, 0.15) is 51.9 Å². The molecule has 0 amide bonds. The molecule has 0 heterocycles. The molecule has 0 aromatic rings. The van der Waals surface area contributed by atoms with Crippen LogP contribution in [0.2, 0.25) is 0 Å². The molecular weight excluding hydrogens is 224 g/mol. The summed E-state index contributed by atoms with van der Waals surface area (Å²) in [6.45, 7) is 5.12.